The van der Waals surface area contributed by atoms with Gasteiger partial charge in [0, 0.05) is 13.1 Å². The predicted octanol–water partition coefficient (Wildman–Crippen LogP) is 0.699. The van der Waals surface area contributed by atoms with Crippen molar-refractivity contribution in [3.8, 4) is 5.75 Å². The maximum atomic E-state index is 9.02. The van der Waals surface area contributed by atoms with Gasteiger partial charge in [0.2, 0.25) is 0 Å². The van der Waals surface area contributed by atoms with E-state index in [1.807, 2.05) is 30.3 Å². The Kier molecular flexibility index (Phi) is 2.47. The number of ether oxygens (including phenoxy) is 1. The van der Waals surface area contributed by atoms with Crippen LogP contribution in [0.15, 0.2) is 30.3 Å². The zero-order chi connectivity index (χ0) is 9.10. The second kappa shape index (κ2) is 3.77. The molecule has 0 spiro atoms. The minimum atomic E-state index is -0.153. The van der Waals surface area contributed by atoms with E-state index in [0.717, 1.165) is 18.8 Å². The smallest absolute Gasteiger partial charge is 0.142 e. The maximum absolute atomic E-state index is 9.02. The first-order chi connectivity index (χ1) is 6.34. The van der Waals surface area contributed by atoms with Crippen LogP contribution in [0.3, 0.4) is 0 Å². The molecule has 70 valence electrons. The Morgan fingerprint density at radius 2 is 2.00 bits per heavy atom. The van der Waals surface area contributed by atoms with Crippen molar-refractivity contribution in [2.24, 2.45) is 0 Å². The largest absolute Gasteiger partial charge is 0.478 e. The molecule has 3 nitrogen and oxygen atoms in total. The Hall–Kier alpha value is -1.06. The van der Waals surface area contributed by atoms with Gasteiger partial charge in [0.25, 0.3) is 0 Å². The number of likely N-dealkylation sites (tertiary alicyclic amines) is 1. The lowest BCUT2D eigenvalue weighted by atomic mass is 10.2. The summed E-state index contributed by atoms with van der Waals surface area (Å²) in [5.41, 5.74) is 0. The molecule has 0 amide bonds. The van der Waals surface area contributed by atoms with Crippen molar-refractivity contribution in [1.82, 2.24) is 4.90 Å². The van der Waals surface area contributed by atoms with Gasteiger partial charge in [-0.1, -0.05) is 18.2 Å². The first-order valence-corrected chi connectivity index (χ1v) is 4.43. The molecule has 1 heterocycles. The summed E-state index contributed by atoms with van der Waals surface area (Å²) in [6.07, 6.45) is -0.153. The molecule has 0 radical (unpaired) electrons. The molecule has 2 rings (SSSR count). The van der Waals surface area contributed by atoms with Crippen LogP contribution in [-0.4, -0.2) is 35.9 Å². The second-order valence-electron chi connectivity index (χ2n) is 3.28. The molecule has 0 saturated carbocycles. The highest BCUT2D eigenvalue weighted by Crippen LogP contribution is 2.11. The van der Waals surface area contributed by atoms with E-state index in [1.54, 1.807) is 0 Å². The van der Waals surface area contributed by atoms with E-state index in [-0.39, 0.29) is 6.10 Å². The third kappa shape index (κ3) is 2.20. The van der Waals surface area contributed by atoms with Crippen LogP contribution in [0, 0.1) is 0 Å². The highest BCUT2D eigenvalue weighted by Gasteiger charge is 2.23. The fourth-order valence-corrected chi connectivity index (χ4v) is 1.33. The lowest BCUT2D eigenvalue weighted by Gasteiger charge is -2.35. The molecule has 1 aliphatic heterocycles. The van der Waals surface area contributed by atoms with Gasteiger partial charge in [-0.05, 0) is 12.1 Å². The highest BCUT2D eigenvalue weighted by atomic mass is 16.5. The third-order valence-electron chi connectivity index (χ3n) is 2.09. The van der Waals surface area contributed by atoms with Gasteiger partial charge in [-0.2, -0.15) is 0 Å². The monoisotopic (exact) mass is 179 g/mol. The number of aliphatic hydroxyl groups is 1. The normalized spacial score (nSPS) is 18.2. The molecule has 1 fully saturated rings. The van der Waals surface area contributed by atoms with Crippen molar-refractivity contribution in [3.63, 3.8) is 0 Å². The summed E-state index contributed by atoms with van der Waals surface area (Å²) in [5, 5.41) is 9.02. The number of nitrogens with zero attached hydrogens (tertiary/aromatic N) is 1. The summed E-state index contributed by atoms with van der Waals surface area (Å²) in [5.74, 6) is 0.879. The van der Waals surface area contributed by atoms with Gasteiger partial charge in [-0.15, -0.1) is 0 Å². The number of hydrogen-bond acceptors (Lipinski definition) is 3. The molecule has 1 saturated heterocycles. The highest BCUT2D eigenvalue weighted by molar-refractivity contribution is 5.20. The Balaban J connectivity index is 1.74. The zero-order valence-electron chi connectivity index (χ0n) is 7.39. The lowest BCUT2D eigenvalue weighted by Crippen LogP contribution is -2.51. The molecule has 3 heteroatoms. The molecule has 0 unspecified atom stereocenters. The molecule has 0 aliphatic carbocycles. The standard InChI is InChI=1S/C10H13NO2/c12-9-6-11(7-9)8-13-10-4-2-1-3-5-10/h1-5,9,12H,6-8H2. The minimum absolute atomic E-state index is 0.153. The zero-order valence-corrected chi connectivity index (χ0v) is 7.39. The van der Waals surface area contributed by atoms with Gasteiger partial charge in [-0.3, -0.25) is 4.90 Å². The Bertz CT molecular complexity index is 257. The number of β-amino-alcohol motifs (C(OH)–C–C–N with tert-alkyl or cyclic N) is 1. The van der Waals surface area contributed by atoms with Crippen LogP contribution >= 0.6 is 0 Å². The van der Waals surface area contributed by atoms with Gasteiger partial charge in [0.15, 0.2) is 0 Å². The molecule has 1 N–H and O–H groups in total. The Labute approximate surface area is 77.6 Å². The lowest BCUT2D eigenvalue weighted by molar-refractivity contribution is -0.0363. The maximum Gasteiger partial charge on any atom is 0.142 e. The van der Waals surface area contributed by atoms with Crippen molar-refractivity contribution in [2.45, 2.75) is 6.10 Å². The van der Waals surface area contributed by atoms with Gasteiger partial charge in [-0.25, -0.2) is 0 Å². The minimum Gasteiger partial charge on any atom is -0.478 e. The van der Waals surface area contributed by atoms with Gasteiger partial charge >= 0.3 is 0 Å². The van der Waals surface area contributed by atoms with Crippen molar-refractivity contribution in [3.05, 3.63) is 30.3 Å². The number of benzene rings is 1. The number of para-hydroxylation sites is 1. The van der Waals surface area contributed by atoms with Crippen LogP contribution in [0.4, 0.5) is 0 Å². The van der Waals surface area contributed by atoms with Crippen LogP contribution in [-0.2, 0) is 0 Å². The van der Waals surface area contributed by atoms with E-state index < -0.39 is 0 Å². The van der Waals surface area contributed by atoms with Crippen molar-refractivity contribution in [1.29, 1.82) is 0 Å². The second-order valence-corrected chi connectivity index (χ2v) is 3.28. The Morgan fingerprint density at radius 1 is 1.31 bits per heavy atom. The fraction of sp³-hybridized carbons (Fsp3) is 0.400. The summed E-state index contributed by atoms with van der Waals surface area (Å²) in [6, 6.07) is 9.70. The Morgan fingerprint density at radius 3 is 2.62 bits per heavy atom. The van der Waals surface area contributed by atoms with Crippen LogP contribution in [0.25, 0.3) is 0 Å². The topological polar surface area (TPSA) is 32.7 Å². The molecule has 1 aliphatic rings. The molecule has 13 heavy (non-hydrogen) atoms. The molecule has 0 bridgehead atoms. The summed E-state index contributed by atoms with van der Waals surface area (Å²) >= 11 is 0. The van der Waals surface area contributed by atoms with Crippen LogP contribution in [0.5, 0.6) is 5.75 Å². The fourth-order valence-electron chi connectivity index (χ4n) is 1.33. The summed E-state index contributed by atoms with van der Waals surface area (Å²) in [6.45, 7) is 2.03. The van der Waals surface area contributed by atoms with Gasteiger partial charge < -0.3 is 9.84 Å². The SMILES string of the molecule is OC1CN(COc2ccccc2)C1. The first-order valence-electron chi connectivity index (χ1n) is 4.43. The summed E-state index contributed by atoms with van der Waals surface area (Å²) < 4.78 is 5.47. The molecule has 0 aromatic heterocycles. The molecule has 1 aromatic rings. The quantitative estimate of drug-likeness (QED) is 0.741. The van der Waals surface area contributed by atoms with E-state index >= 15 is 0 Å². The van der Waals surface area contributed by atoms with Crippen LogP contribution in [0.1, 0.15) is 0 Å². The van der Waals surface area contributed by atoms with Gasteiger partial charge in [0.1, 0.15) is 12.5 Å². The number of rotatable bonds is 3. The van der Waals surface area contributed by atoms with E-state index in [9.17, 15) is 0 Å². The first kappa shape index (κ1) is 8.53. The number of hydrogen-bond donors (Lipinski definition) is 1. The average Bonchev–Trinajstić information content (AvgIpc) is 2.12. The van der Waals surface area contributed by atoms with Crippen molar-refractivity contribution < 1.29 is 9.84 Å². The predicted molar refractivity (Wildman–Crippen MR) is 49.5 cm³/mol. The van der Waals surface area contributed by atoms with E-state index in [2.05, 4.69) is 4.90 Å². The summed E-state index contributed by atoms with van der Waals surface area (Å²) in [4.78, 5) is 2.05. The molecular formula is C10H13NO2. The van der Waals surface area contributed by atoms with Gasteiger partial charge in [0.05, 0.1) is 6.10 Å². The summed E-state index contributed by atoms with van der Waals surface area (Å²) in [7, 11) is 0. The number of aliphatic hydroxyl groups excluding tert-OH is 1. The van der Waals surface area contributed by atoms with Crippen LogP contribution < -0.4 is 4.74 Å². The van der Waals surface area contributed by atoms with Crippen molar-refractivity contribution in [2.75, 3.05) is 19.8 Å². The van der Waals surface area contributed by atoms with Crippen molar-refractivity contribution >= 4 is 0 Å². The average molecular weight is 179 g/mol. The molecule has 0 atom stereocenters. The molecule has 1 aromatic carbocycles. The van der Waals surface area contributed by atoms with E-state index in [1.165, 1.54) is 0 Å². The third-order valence-corrected chi connectivity index (χ3v) is 2.09. The van der Waals surface area contributed by atoms with E-state index in [0.29, 0.717) is 6.73 Å². The van der Waals surface area contributed by atoms with Crippen LogP contribution in [0.2, 0.25) is 0 Å². The van der Waals surface area contributed by atoms with E-state index in [4.69, 9.17) is 9.84 Å². The molecular weight excluding hydrogens is 166 g/mol.